The predicted molar refractivity (Wildman–Crippen MR) is 109 cm³/mol. The number of rotatable bonds is 8. The van der Waals surface area contributed by atoms with E-state index in [1.807, 2.05) is 54.8 Å². The molecule has 4 rings (SSSR count). The van der Waals surface area contributed by atoms with Crippen molar-refractivity contribution >= 4 is 11.3 Å². The summed E-state index contributed by atoms with van der Waals surface area (Å²) in [4.78, 5) is 4.67. The molecule has 0 aliphatic heterocycles. The number of aromatic nitrogens is 3. The molecule has 0 spiro atoms. The van der Waals surface area contributed by atoms with Crippen molar-refractivity contribution in [1.29, 1.82) is 0 Å². The second-order valence-electron chi connectivity index (χ2n) is 6.00. The van der Waals surface area contributed by atoms with Crippen molar-refractivity contribution in [3.8, 4) is 39.3 Å². The van der Waals surface area contributed by atoms with Gasteiger partial charge in [0.2, 0.25) is 12.3 Å². The number of thiazole rings is 1. The minimum Gasteiger partial charge on any atom is -0.493 e. The molecule has 29 heavy (non-hydrogen) atoms. The number of hydrogen-bond acceptors (Lipinski definition) is 8. The van der Waals surface area contributed by atoms with Gasteiger partial charge in [0.15, 0.2) is 11.5 Å². The average Bonchev–Trinajstić information content (AvgIpc) is 3.46. The van der Waals surface area contributed by atoms with E-state index in [-0.39, 0.29) is 0 Å². The van der Waals surface area contributed by atoms with E-state index in [1.54, 1.807) is 18.4 Å². The van der Waals surface area contributed by atoms with E-state index in [0.29, 0.717) is 24.9 Å². The van der Waals surface area contributed by atoms with Crippen molar-refractivity contribution < 1.29 is 18.6 Å². The molecule has 0 atom stereocenters. The van der Waals surface area contributed by atoms with Crippen molar-refractivity contribution in [2.24, 2.45) is 0 Å². The minimum absolute atomic E-state index is 0.380. The third-order valence-corrected chi connectivity index (χ3v) is 5.05. The predicted octanol–water partition coefficient (Wildman–Crippen LogP) is 4.85. The Kier molecular flexibility index (Phi) is 5.71. The highest BCUT2D eigenvalue weighted by molar-refractivity contribution is 7.13. The summed E-state index contributed by atoms with van der Waals surface area (Å²) < 4.78 is 22.0. The largest absolute Gasteiger partial charge is 0.493 e. The third-order valence-electron chi connectivity index (χ3n) is 4.11. The fraction of sp³-hybridized carbons (Fsp3) is 0.190. The first kappa shape index (κ1) is 18.9. The fourth-order valence-electron chi connectivity index (χ4n) is 2.73. The molecule has 0 radical (unpaired) electrons. The quantitative estimate of drug-likeness (QED) is 0.412. The zero-order valence-electron chi connectivity index (χ0n) is 16.0. The lowest BCUT2D eigenvalue weighted by Crippen LogP contribution is -1.96. The maximum atomic E-state index is 5.84. The summed E-state index contributed by atoms with van der Waals surface area (Å²) in [5.74, 6) is 2.64. The topological polar surface area (TPSA) is 79.5 Å². The van der Waals surface area contributed by atoms with Crippen LogP contribution in [0.1, 0.15) is 12.6 Å². The van der Waals surface area contributed by atoms with Gasteiger partial charge in [-0.25, -0.2) is 4.98 Å². The van der Waals surface area contributed by atoms with E-state index in [4.69, 9.17) is 18.6 Å². The highest BCUT2D eigenvalue weighted by Gasteiger charge is 2.11. The first-order valence-corrected chi connectivity index (χ1v) is 9.90. The van der Waals surface area contributed by atoms with Gasteiger partial charge in [-0.2, -0.15) is 0 Å². The summed E-state index contributed by atoms with van der Waals surface area (Å²) in [6.07, 6.45) is 1.31. The number of methoxy groups -OCH3 is 1. The molecule has 0 aliphatic carbocycles. The van der Waals surface area contributed by atoms with Crippen molar-refractivity contribution in [2.75, 3.05) is 13.7 Å². The van der Waals surface area contributed by atoms with E-state index in [0.717, 1.165) is 33.3 Å². The third kappa shape index (κ3) is 4.38. The van der Waals surface area contributed by atoms with Gasteiger partial charge >= 0.3 is 0 Å². The number of benzene rings is 2. The van der Waals surface area contributed by atoms with Gasteiger partial charge in [-0.1, -0.05) is 0 Å². The Morgan fingerprint density at radius 3 is 2.55 bits per heavy atom. The molecule has 0 saturated heterocycles. The lowest BCUT2D eigenvalue weighted by atomic mass is 10.2. The molecule has 4 aromatic rings. The summed E-state index contributed by atoms with van der Waals surface area (Å²) in [5.41, 5.74) is 2.68. The Labute approximate surface area is 171 Å². The molecule has 0 unspecified atom stereocenters. The van der Waals surface area contributed by atoms with Crippen molar-refractivity contribution in [1.82, 2.24) is 15.2 Å². The molecule has 0 fully saturated rings. The monoisotopic (exact) mass is 409 g/mol. The molecule has 0 saturated carbocycles. The number of hydrogen-bond donors (Lipinski definition) is 0. The first-order valence-electron chi connectivity index (χ1n) is 9.02. The Morgan fingerprint density at radius 2 is 1.83 bits per heavy atom. The highest BCUT2D eigenvalue weighted by Crippen LogP contribution is 2.34. The average molecular weight is 409 g/mol. The highest BCUT2D eigenvalue weighted by atomic mass is 32.1. The molecule has 0 aliphatic rings. The molecule has 2 heterocycles. The van der Waals surface area contributed by atoms with Gasteiger partial charge in [0.05, 0.1) is 19.4 Å². The van der Waals surface area contributed by atoms with Crippen LogP contribution in [-0.4, -0.2) is 28.9 Å². The zero-order chi connectivity index (χ0) is 20.1. The molecule has 8 heteroatoms. The van der Waals surface area contributed by atoms with Crippen LogP contribution in [0.4, 0.5) is 0 Å². The van der Waals surface area contributed by atoms with E-state index in [2.05, 4.69) is 15.2 Å². The Balaban J connectivity index is 1.42. The first-order chi connectivity index (χ1) is 14.3. The zero-order valence-corrected chi connectivity index (χ0v) is 16.8. The molecular weight excluding hydrogens is 390 g/mol. The van der Waals surface area contributed by atoms with Crippen LogP contribution in [0.15, 0.2) is 58.7 Å². The molecule has 0 bridgehead atoms. The van der Waals surface area contributed by atoms with Gasteiger partial charge in [0, 0.05) is 16.5 Å². The van der Waals surface area contributed by atoms with E-state index in [1.165, 1.54) is 6.39 Å². The van der Waals surface area contributed by atoms with Gasteiger partial charge in [0.1, 0.15) is 17.4 Å². The van der Waals surface area contributed by atoms with Crippen LogP contribution < -0.4 is 14.2 Å². The summed E-state index contributed by atoms with van der Waals surface area (Å²) >= 11 is 1.56. The summed E-state index contributed by atoms with van der Waals surface area (Å²) in [7, 11) is 1.63. The molecule has 148 valence electrons. The second kappa shape index (κ2) is 8.74. The number of nitrogens with zero attached hydrogens (tertiary/aromatic N) is 3. The van der Waals surface area contributed by atoms with Crippen molar-refractivity contribution in [3.05, 3.63) is 59.9 Å². The van der Waals surface area contributed by atoms with Gasteiger partial charge in [-0.15, -0.1) is 21.5 Å². The lowest BCUT2D eigenvalue weighted by Gasteiger charge is -2.10. The van der Waals surface area contributed by atoms with Crippen LogP contribution in [0.3, 0.4) is 0 Å². The summed E-state index contributed by atoms with van der Waals surface area (Å²) in [5, 5.41) is 10.5. The molecule has 0 N–H and O–H groups in total. The summed E-state index contributed by atoms with van der Waals surface area (Å²) in [6.45, 7) is 2.91. The normalized spacial score (nSPS) is 10.7. The minimum atomic E-state index is 0.380. The lowest BCUT2D eigenvalue weighted by molar-refractivity contribution is 0.302. The standard InChI is InChI=1S/C21H19N3O4S/c1-3-26-18-9-6-15(10-19(18)25-2)21-23-16(12-29-21)11-27-17-7-4-14(5-8-17)20-24-22-13-28-20/h4-10,12-13H,3,11H2,1-2H3. The molecular formula is C21H19N3O4S. The Morgan fingerprint density at radius 1 is 1.00 bits per heavy atom. The van der Waals surface area contributed by atoms with E-state index in [9.17, 15) is 0 Å². The van der Waals surface area contributed by atoms with Crippen molar-refractivity contribution in [3.63, 3.8) is 0 Å². The SMILES string of the molecule is CCOc1ccc(-c2nc(COc3ccc(-c4nnco4)cc3)cs2)cc1OC. The van der Waals surface area contributed by atoms with Crippen molar-refractivity contribution in [2.45, 2.75) is 13.5 Å². The van der Waals surface area contributed by atoms with E-state index >= 15 is 0 Å². The van der Waals surface area contributed by atoms with Gasteiger partial charge in [-0.05, 0) is 49.4 Å². The Bertz CT molecular complexity index is 1060. The van der Waals surface area contributed by atoms with Crippen LogP contribution in [0.2, 0.25) is 0 Å². The van der Waals surface area contributed by atoms with Crippen LogP contribution >= 0.6 is 11.3 Å². The van der Waals surface area contributed by atoms with Gasteiger partial charge < -0.3 is 18.6 Å². The van der Waals surface area contributed by atoms with Crippen LogP contribution in [0.5, 0.6) is 17.2 Å². The maximum Gasteiger partial charge on any atom is 0.247 e. The van der Waals surface area contributed by atoms with Crippen LogP contribution in [0, 0.1) is 0 Å². The number of ether oxygens (including phenoxy) is 3. The molecule has 2 aromatic carbocycles. The molecule has 2 aromatic heterocycles. The molecule has 7 nitrogen and oxygen atoms in total. The fourth-order valence-corrected chi connectivity index (χ4v) is 3.53. The summed E-state index contributed by atoms with van der Waals surface area (Å²) in [6, 6.07) is 13.3. The van der Waals surface area contributed by atoms with E-state index < -0.39 is 0 Å². The second-order valence-corrected chi connectivity index (χ2v) is 6.86. The maximum absolute atomic E-state index is 5.84. The Hall–Kier alpha value is -3.39. The van der Waals surface area contributed by atoms with Gasteiger partial charge in [-0.3, -0.25) is 0 Å². The van der Waals surface area contributed by atoms with Crippen LogP contribution in [0.25, 0.3) is 22.0 Å². The van der Waals surface area contributed by atoms with Crippen LogP contribution in [-0.2, 0) is 6.61 Å². The molecule has 0 amide bonds. The van der Waals surface area contributed by atoms with Gasteiger partial charge in [0.25, 0.3) is 0 Å². The smallest absolute Gasteiger partial charge is 0.247 e.